The molecule has 9 nitrogen and oxygen atoms in total. The van der Waals surface area contributed by atoms with Crippen LogP contribution in [0.3, 0.4) is 0 Å². The van der Waals surface area contributed by atoms with Crippen molar-refractivity contribution in [1.29, 1.82) is 0 Å². The van der Waals surface area contributed by atoms with Crippen molar-refractivity contribution in [3.8, 4) is 0 Å². The number of rotatable bonds is 8. The molecule has 0 bridgehead atoms. The Hall–Kier alpha value is -3.92. The number of benzene rings is 1. The minimum atomic E-state index is -1.15. The number of thiophene rings is 1. The van der Waals surface area contributed by atoms with Crippen molar-refractivity contribution in [2.75, 3.05) is 11.9 Å². The highest BCUT2D eigenvalue weighted by Gasteiger charge is 2.26. The van der Waals surface area contributed by atoms with Crippen molar-refractivity contribution in [2.45, 2.75) is 6.04 Å². The Morgan fingerprint density at radius 2 is 1.83 bits per heavy atom. The lowest BCUT2D eigenvalue weighted by Crippen LogP contribution is -2.36. The topological polar surface area (TPSA) is 141 Å². The van der Waals surface area contributed by atoms with Gasteiger partial charge in [0.1, 0.15) is 5.00 Å². The van der Waals surface area contributed by atoms with Gasteiger partial charge in [-0.3, -0.25) is 14.4 Å². The number of carbonyl (C=O) groups excluding carboxylic acids is 4. The molecule has 0 spiro atoms. The molecule has 0 radical (unpaired) electrons. The quantitative estimate of drug-likeness (QED) is 0.470. The zero-order valence-electron chi connectivity index (χ0n) is 15.5. The Morgan fingerprint density at radius 3 is 2.50 bits per heavy atom. The van der Waals surface area contributed by atoms with E-state index in [2.05, 4.69) is 10.6 Å². The summed E-state index contributed by atoms with van der Waals surface area (Å²) < 4.78 is 10.1. The average Bonchev–Trinajstić information content (AvgIpc) is 3.43. The molecule has 1 aromatic carbocycles. The molecule has 3 rings (SSSR count). The maximum atomic E-state index is 12.6. The molecule has 1 atom stereocenters. The first-order chi connectivity index (χ1) is 14.5. The molecule has 154 valence electrons. The fourth-order valence-electron chi connectivity index (χ4n) is 2.52. The first-order valence-electron chi connectivity index (χ1n) is 8.69. The van der Waals surface area contributed by atoms with Gasteiger partial charge in [-0.25, -0.2) is 4.79 Å². The Morgan fingerprint density at radius 1 is 1.07 bits per heavy atom. The minimum Gasteiger partial charge on any atom is -0.459 e. The van der Waals surface area contributed by atoms with Gasteiger partial charge in [0.25, 0.3) is 17.7 Å². The van der Waals surface area contributed by atoms with Crippen LogP contribution in [0.1, 0.15) is 32.5 Å². The van der Waals surface area contributed by atoms with Gasteiger partial charge in [-0.05, 0) is 29.1 Å². The molecule has 0 aliphatic carbocycles. The summed E-state index contributed by atoms with van der Waals surface area (Å²) in [6.45, 7) is -0.616. The molecule has 0 saturated heterocycles. The highest BCUT2D eigenvalue weighted by molar-refractivity contribution is 7.14. The summed E-state index contributed by atoms with van der Waals surface area (Å²) in [4.78, 5) is 48.4. The second-order valence-electron chi connectivity index (χ2n) is 5.98. The van der Waals surface area contributed by atoms with Gasteiger partial charge in [-0.2, -0.15) is 0 Å². The Labute approximate surface area is 174 Å². The van der Waals surface area contributed by atoms with Gasteiger partial charge >= 0.3 is 5.97 Å². The van der Waals surface area contributed by atoms with Crippen LogP contribution in [0, 0.1) is 0 Å². The van der Waals surface area contributed by atoms with Gasteiger partial charge in [0.05, 0.1) is 11.8 Å². The molecule has 10 heteroatoms. The van der Waals surface area contributed by atoms with Crippen LogP contribution in [0.5, 0.6) is 0 Å². The van der Waals surface area contributed by atoms with Crippen molar-refractivity contribution >= 4 is 40.0 Å². The van der Waals surface area contributed by atoms with E-state index in [4.69, 9.17) is 14.9 Å². The molecule has 3 aromatic rings. The fourth-order valence-corrected chi connectivity index (χ4v) is 3.33. The van der Waals surface area contributed by atoms with Crippen molar-refractivity contribution in [1.82, 2.24) is 5.32 Å². The van der Waals surface area contributed by atoms with Crippen LogP contribution in [0.15, 0.2) is 64.6 Å². The predicted octanol–water partition coefficient (Wildman–Crippen LogP) is 2.09. The smallest absolute Gasteiger partial charge is 0.333 e. The van der Waals surface area contributed by atoms with E-state index in [1.807, 2.05) is 0 Å². The van der Waals surface area contributed by atoms with E-state index < -0.39 is 36.3 Å². The Bertz CT molecular complexity index is 1050. The molecule has 0 fully saturated rings. The zero-order valence-corrected chi connectivity index (χ0v) is 16.3. The van der Waals surface area contributed by atoms with Crippen molar-refractivity contribution in [3.05, 3.63) is 77.1 Å². The first-order valence-corrected chi connectivity index (χ1v) is 9.56. The maximum Gasteiger partial charge on any atom is 0.333 e. The SMILES string of the molecule is NC(=O)c1ccsc1NC(=O)COC(=O)C(NC(=O)c1ccco1)c1ccccc1. The number of hydrogen-bond acceptors (Lipinski definition) is 7. The van der Waals surface area contributed by atoms with Crippen LogP contribution in [-0.4, -0.2) is 30.3 Å². The van der Waals surface area contributed by atoms with E-state index >= 15 is 0 Å². The van der Waals surface area contributed by atoms with E-state index in [0.29, 0.717) is 5.56 Å². The number of esters is 1. The fraction of sp³-hybridized carbons (Fsp3) is 0.100. The molecular formula is C20H17N3O6S. The third-order valence-electron chi connectivity index (χ3n) is 3.92. The normalized spacial score (nSPS) is 11.3. The van der Waals surface area contributed by atoms with Gasteiger partial charge < -0.3 is 25.5 Å². The number of furan rings is 1. The lowest BCUT2D eigenvalue weighted by molar-refractivity contribution is -0.149. The second-order valence-corrected chi connectivity index (χ2v) is 6.89. The van der Waals surface area contributed by atoms with Gasteiger partial charge in [-0.1, -0.05) is 30.3 Å². The van der Waals surface area contributed by atoms with Gasteiger partial charge in [0.2, 0.25) is 0 Å². The third kappa shape index (κ3) is 5.11. The van der Waals surface area contributed by atoms with Crippen LogP contribution >= 0.6 is 11.3 Å². The summed E-state index contributed by atoms with van der Waals surface area (Å²) in [5.74, 6) is -2.76. The van der Waals surface area contributed by atoms with Crippen molar-refractivity contribution in [3.63, 3.8) is 0 Å². The summed E-state index contributed by atoms with van der Waals surface area (Å²) in [7, 11) is 0. The molecule has 3 amide bonds. The number of ether oxygens (including phenoxy) is 1. The van der Waals surface area contributed by atoms with E-state index in [1.165, 1.54) is 18.4 Å². The minimum absolute atomic E-state index is 0.0261. The molecule has 1 unspecified atom stereocenters. The lowest BCUT2D eigenvalue weighted by atomic mass is 10.1. The van der Waals surface area contributed by atoms with Crippen LogP contribution in [-0.2, 0) is 14.3 Å². The number of carbonyl (C=O) groups is 4. The third-order valence-corrected chi connectivity index (χ3v) is 4.75. The molecule has 0 aliphatic rings. The Balaban J connectivity index is 1.65. The number of nitrogens with two attached hydrogens (primary N) is 1. The highest BCUT2D eigenvalue weighted by atomic mass is 32.1. The van der Waals surface area contributed by atoms with Gasteiger partial charge in [0, 0.05) is 0 Å². The second kappa shape index (κ2) is 9.52. The van der Waals surface area contributed by atoms with Crippen LogP contribution in [0.25, 0.3) is 0 Å². The highest BCUT2D eigenvalue weighted by Crippen LogP contribution is 2.22. The number of nitrogens with one attached hydrogen (secondary N) is 2. The number of hydrogen-bond donors (Lipinski definition) is 3. The summed E-state index contributed by atoms with van der Waals surface area (Å²) in [5, 5.41) is 6.85. The van der Waals surface area contributed by atoms with Crippen LogP contribution in [0.4, 0.5) is 5.00 Å². The van der Waals surface area contributed by atoms with Crippen LogP contribution in [0.2, 0.25) is 0 Å². The van der Waals surface area contributed by atoms with E-state index in [0.717, 1.165) is 11.3 Å². The summed E-state index contributed by atoms with van der Waals surface area (Å²) >= 11 is 1.11. The molecule has 30 heavy (non-hydrogen) atoms. The molecule has 2 aromatic heterocycles. The maximum absolute atomic E-state index is 12.6. The largest absolute Gasteiger partial charge is 0.459 e. The molecule has 4 N–H and O–H groups in total. The summed E-state index contributed by atoms with van der Waals surface area (Å²) in [6.07, 6.45) is 1.33. The predicted molar refractivity (Wildman–Crippen MR) is 108 cm³/mol. The molecular weight excluding hydrogens is 410 g/mol. The number of primary amides is 1. The molecule has 2 heterocycles. The average molecular weight is 427 g/mol. The number of amides is 3. The first kappa shape index (κ1) is 20.8. The van der Waals surface area contributed by atoms with Crippen molar-refractivity contribution in [2.24, 2.45) is 5.73 Å². The van der Waals surface area contributed by atoms with E-state index in [9.17, 15) is 19.2 Å². The van der Waals surface area contributed by atoms with E-state index in [-0.39, 0.29) is 16.3 Å². The van der Waals surface area contributed by atoms with Crippen molar-refractivity contribution < 1.29 is 28.3 Å². The summed E-state index contributed by atoms with van der Waals surface area (Å²) in [6, 6.07) is 11.7. The van der Waals surface area contributed by atoms with Gasteiger partial charge in [-0.15, -0.1) is 11.3 Å². The zero-order chi connectivity index (χ0) is 21.5. The van der Waals surface area contributed by atoms with Crippen LogP contribution < -0.4 is 16.4 Å². The van der Waals surface area contributed by atoms with E-state index in [1.54, 1.807) is 41.8 Å². The molecule has 0 aliphatic heterocycles. The van der Waals surface area contributed by atoms with Gasteiger partial charge in [0.15, 0.2) is 18.4 Å². The monoisotopic (exact) mass is 427 g/mol. The molecule has 0 saturated carbocycles. The number of anilines is 1. The standard InChI is InChI=1S/C20H17N3O6S/c21-17(25)13-8-10-30-19(13)22-15(24)11-29-20(27)16(12-5-2-1-3-6-12)23-18(26)14-7-4-9-28-14/h1-10,16H,11H2,(H2,21,25)(H,22,24)(H,23,26). The lowest BCUT2D eigenvalue weighted by Gasteiger charge is -2.17. The summed E-state index contributed by atoms with van der Waals surface area (Å²) in [5.41, 5.74) is 5.86. The Kier molecular flexibility index (Phi) is 6.60.